The molecule has 3 N–H and O–H groups in total. The first kappa shape index (κ1) is 14.3. The third-order valence-electron chi connectivity index (χ3n) is 3.88. The third kappa shape index (κ3) is 2.86. The Morgan fingerprint density at radius 2 is 2.00 bits per heavy atom. The molecule has 1 aromatic carbocycles. The number of phenols is 1. The lowest BCUT2D eigenvalue weighted by atomic mass is 9.96. The Morgan fingerprint density at radius 3 is 2.77 bits per heavy atom. The van der Waals surface area contributed by atoms with Crippen LogP contribution in [0.15, 0.2) is 29.4 Å². The molecule has 0 fully saturated rings. The topological polar surface area (TPSA) is 90.4 Å². The van der Waals surface area contributed by atoms with Crippen LogP contribution in [0.1, 0.15) is 47.1 Å². The van der Waals surface area contributed by atoms with E-state index < -0.39 is 0 Å². The molecular formula is C16H18N4O2. The van der Waals surface area contributed by atoms with Gasteiger partial charge in [-0.3, -0.25) is 9.89 Å². The number of hydrogen-bond donors (Lipinski definition) is 3. The number of fused-ring (bicyclic) bond motifs is 1. The van der Waals surface area contributed by atoms with E-state index in [1.807, 2.05) is 0 Å². The predicted octanol–water partition coefficient (Wildman–Crippen LogP) is 2.15. The zero-order valence-electron chi connectivity index (χ0n) is 12.4. The Hall–Kier alpha value is -2.63. The van der Waals surface area contributed by atoms with Gasteiger partial charge in [-0.25, -0.2) is 5.43 Å². The zero-order valence-corrected chi connectivity index (χ0v) is 12.4. The van der Waals surface area contributed by atoms with Gasteiger partial charge in [0.15, 0.2) is 5.69 Å². The van der Waals surface area contributed by atoms with Crippen LogP contribution < -0.4 is 5.43 Å². The van der Waals surface area contributed by atoms with Crippen LogP contribution in [0.5, 0.6) is 5.75 Å². The Labute approximate surface area is 128 Å². The van der Waals surface area contributed by atoms with Crippen LogP contribution in [0.2, 0.25) is 0 Å². The summed E-state index contributed by atoms with van der Waals surface area (Å²) in [5.74, 6) is -0.0961. The molecule has 0 aliphatic heterocycles. The minimum absolute atomic E-state index is 0.198. The van der Waals surface area contributed by atoms with E-state index in [2.05, 4.69) is 20.7 Å². The maximum atomic E-state index is 12.2. The Balaban J connectivity index is 1.73. The number of phenolic OH excluding ortho intramolecular Hbond substituents is 1. The summed E-state index contributed by atoms with van der Waals surface area (Å²) >= 11 is 0. The summed E-state index contributed by atoms with van der Waals surface area (Å²) in [6.45, 7) is 1.80. The van der Waals surface area contributed by atoms with Gasteiger partial charge in [0.2, 0.25) is 0 Å². The molecule has 114 valence electrons. The van der Waals surface area contributed by atoms with Crippen molar-refractivity contribution in [3.8, 4) is 5.75 Å². The fourth-order valence-corrected chi connectivity index (χ4v) is 2.62. The van der Waals surface area contributed by atoms with E-state index in [0.29, 0.717) is 11.4 Å². The van der Waals surface area contributed by atoms with Crippen molar-refractivity contribution >= 4 is 11.6 Å². The van der Waals surface area contributed by atoms with Gasteiger partial charge < -0.3 is 5.11 Å². The number of aromatic nitrogens is 2. The molecule has 0 unspecified atom stereocenters. The van der Waals surface area contributed by atoms with E-state index in [-0.39, 0.29) is 11.7 Å². The number of rotatable bonds is 3. The lowest BCUT2D eigenvalue weighted by Crippen LogP contribution is -2.21. The van der Waals surface area contributed by atoms with E-state index in [1.54, 1.807) is 31.2 Å². The van der Waals surface area contributed by atoms with Gasteiger partial charge in [0.25, 0.3) is 5.91 Å². The predicted molar refractivity (Wildman–Crippen MR) is 83.0 cm³/mol. The van der Waals surface area contributed by atoms with Crippen LogP contribution in [0.3, 0.4) is 0 Å². The van der Waals surface area contributed by atoms with Crippen LogP contribution in [0.4, 0.5) is 0 Å². The van der Waals surface area contributed by atoms with E-state index in [0.717, 1.165) is 42.5 Å². The second-order valence-electron chi connectivity index (χ2n) is 5.42. The number of aryl methyl sites for hydroxylation is 1. The first-order valence-corrected chi connectivity index (χ1v) is 7.35. The number of carbonyl (C=O) groups excluding carboxylic acids is 1. The Bertz CT molecular complexity index is 716. The van der Waals surface area contributed by atoms with Gasteiger partial charge in [0.1, 0.15) is 5.75 Å². The zero-order chi connectivity index (χ0) is 15.5. The summed E-state index contributed by atoms with van der Waals surface area (Å²) in [6, 6.07) is 6.66. The molecule has 1 amide bonds. The van der Waals surface area contributed by atoms with Gasteiger partial charge in [0, 0.05) is 11.3 Å². The van der Waals surface area contributed by atoms with Crippen LogP contribution in [0.25, 0.3) is 0 Å². The molecule has 2 aromatic rings. The highest BCUT2D eigenvalue weighted by Gasteiger charge is 2.21. The molecule has 0 saturated carbocycles. The summed E-state index contributed by atoms with van der Waals surface area (Å²) in [7, 11) is 0. The highest BCUT2D eigenvalue weighted by Crippen LogP contribution is 2.22. The van der Waals surface area contributed by atoms with Gasteiger partial charge in [0.05, 0.1) is 5.71 Å². The van der Waals surface area contributed by atoms with Crippen molar-refractivity contribution in [3.63, 3.8) is 0 Å². The largest absolute Gasteiger partial charge is 0.508 e. The fraction of sp³-hybridized carbons (Fsp3) is 0.312. The number of nitrogens with one attached hydrogen (secondary N) is 2. The first-order valence-electron chi connectivity index (χ1n) is 7.35. The van der Waals surface area contributed by atoms with Crippen molar-refractivity contribution in [1.29, 1.82) is 0 Å². The molecule has 0 radical (unpaired) electrons. The summed E-state index contributed by atoms with van der Waals surface area (Å²) in [4.78, 5) is 12.2. The van der Waals surface area contributed by atoms with Gasteiger partial charge in [-0.2, -0.15) is 10.2 Å². The number of hydrazone groups is 1. The normalized spacial score (nSPS) is 14.5. The lowest BCUT2D eigenvalue weighted by Gasteiger charge is -2.10. The minimum atomic E-state index is -0.294. The van der Waals surface area contributed by atoms with Gasteiger partial charge in [-0.15, -0.1) is 0 Å². The molecule has 1 aliphatic rings. The monoisotopic (exact) mass is 298 g/mol. The lowest BCUT2D eigenvalue weighted by molar-refractivity contribution is 0.0948. The molecule has 1 heterocycles. The second kappa shape index (κ2) is 6.01. The van der Waals surface area contributed by atoms with Gasteiger partial charge in [-0.1, -0.05) is 0 Å². The molecular weight excluding hydrogens is 280 g/mol. The first-order chi connectivity index (χ1) is 10.6. The Kier molecular flexibility index (Phi) is 3.91. The van der Waals surface area contributed by atoms with E-state index in [9.17, 15) is 9.90 Å². The average molecular weight is 298 g/mol. The summed E-state index contributed by atoms with van der Waals surface area (Å²) in [5, 5.41) is 20.4. The van der Waals surface area contributed by atoms with Gasteiger partial charge >= 0.3 is 0 Å². The van der Waals surface area contributed by atoms with E-state index >= 15 is 0 Å². The third-order valence-corrected chi connectivity index (χ3v) is 3.88. The summed E-state index contributed by atoms with van der Waals surface area (Å²) in [6.07, 6.45) is 4.05. The molecule has 6 nitrogen and oxygen atoms in total. The Morgan fingerprint density at radius 1 is 1.27 bits per heavy atom. The van der Waals surface area contributed by atoms with Crippen molar-refractivity contribution in [2.75, 3.05) is 0 Å². The van der Waals surface area contributed by atoms with E-state index in [1.165, 1.54) is 0 Å². The molecule has 0 bridgehead atoms. The number of benzene rings is 1. The number of hydrogen-bond acceptors (Lipinski definition) is 4. The molecule has 1 aliphatic carbocycles. The van der Waals surface area contributed by atoms with Crippen molar-refractivity contribution < 1.29 is 9.90 Å². The number of H-pyrrole nitrogens is 1. The van der Waals surface area contributed by atoms with E-state index in [4.69, 9.17) is 0 Å². The van der Waals surface area contributed by atoms with Crippen molar-refractivity contribution in [1.82, 2.24) is 15.6 Å². The quantitative estimate of drug-likeness (QED) is 0.599. The van der Waals surface area contributed by atoms with Crippen LogP contribution in [-0.2, 0) is 12.8 Å². The smallest absolute Gasteiger partial charge is 0.292 e. The highest BCUT2D eigenvalue weighted by atomic mass is 16.3. The molecule has 1 aromatic heterocycles. The maximum Gasteiger partial charge on any atom is 0.292 e. The number of nitrogens with zero attached hydrogens (tertiary/aromatic N) is 2. The van der Waals surface area contributed by atoms with Crippen molar-refractivity contribution in [2.24, 2.45) is 5.10 Å². The standard InChI is InChI=1S/C16H18N4O2/c1-10(11-6-8-12(21)9-7-11)17-20-16(22)15-13-4-2-3-5-14(13)18-19-15/h6-9,21H,2-5H2,1H3,(H,18,19)(H,20,22). The average Bonchev–Trinajstić information content (AvgIpc) is 2.97. The fourth-order valence-electron chi connectivity index (χ4n) is 2.62. The minimum Gasteiger partial charge on any atom is -0.508 e. The number of amides is 1. The van der Waals surface area contributed by atoms with Crippen LogP contribution in [-0.4, -0.2) is 26.9 Å². The van der Waals surface area contributed by atoms with Crippen molar-refractivity contribution in [2.45, 2.75) is 32.6 Å². The molecule has 0 spiro atoms. The second-order valence-corrected chi connectivity index (χ2v) is 5.42. The molecule has 22 heavy (non-hydrogen) atoms. The molecule has 3 rings (SSSR count). The van der Waals surface area contributed by atoms with Crippen LogP contribution >= 0.6 is 0 Å². The maximum absolute atomic E-state index is 12.2. The summed E-state index contributed by atoms with van der Waals surface area (Å²) < 4.78 is 0. The summed E-state index contributed by atoms with van der Waals surface area (Å²) in [5.41, 5.74) is 6.57. The number of aromatic amines is 1. The van der Waals surface area contributed by atoms with Crippen LogP contribution in [0, 0.1) is 0 Å². The molecule has 0 saturated heterocycles. The van der Waals surface area contributed by atoms with Crippen molar-refractivity contribution in [3.05, 3.63) is 46.8 Å². The highest BCUT2D eigenvalue weighted by molar-refractivity contribution is 6.00. The number of aromatic hydroxyl groups is 1. The number of carbonyl (C=O) groups is 1. The molecule has 0 atom stereocenters. The SMILES string of the molecule is CC(=NNC(=O)c1n[nH]c2c1CCCC2)c1ccc(O)cc1. The van der Waals surface area contributed by atoms with Gasteiger partial charge in [-0.05, 0) is 62.4 Å². The molecule has 6 heteroatoms.